The number of nitrogens with zero attached hydrogens (tertiary/aromatic N) is 6. The molecule has 2 N–H and O–H groups in total. The molecule has 0 aliphatic rings. The van der Waals surface area contributed by atoms with Crippen LogP contribution >= 0.6 is 0 Å². The van der Waals surface area contributed by atoms with Crippen molar-refractivity contribution < 1.29 is 38.4 Å². The lowest BCUT2D eigenvalue weighted by atomic mass is 9.91. The summed E-state index contributed by atoms with van der Waals surface area (Å²) in [5.74, 6) is -4.93. The van der Waals surface area contributed by atoms with Crippen LogP contribution in [0.5, 0.6) is 0 Å². The number of nitrogens with one attached hydrogen (secondary N) is 2. The molecule has 0 saturated heterocycles. The van der Waals surface area contributed by atoms with Crippen LogP contribution in [0.4, 0.5) is 0 Å². The smallest absolute Gasteiger partial charge is 0.246 e. The van der Waals surface area contributed by atoms with Gasteiger partial charge < -0.3 is 40.0 Å². The summed E-state index contributed by atoms with van der Waals surface area (Å²) in [4.78, 5) is 117. The second-order valence-electron chi connectivity index (χ2n) is 17.7. The van der Waals surface area contributed by atoms with Gasteiger partial charge in [-0.3, -0.25) is 38.4 Å². The van der Waals surface area contributed by atoms with E-state index in [9.17, 15) is 38.4 Å². The van der Waals surface area contributed by atoms with Crippen LogP contribution in [0.25, 0.3) is 0 Å². The molecule has 0 radical (unpaired) electrons. The molecular weight excluding hydrogens is 757 g/mol. The second-order valence-corrected chi connectivity index (χ2v) is 17.7. The highest BCUT2D eigenvalue weighted by atomic mass is 16.2. The van der Waals surface area contributed by atoms with Crippen LogP contribution in [0.15, 0.2) is 0 Å². The van der Waals surface area contributed by atoms with Crippen LogP contribution in [0.1, 0.15) is 103 Å². The molecule has 16 heteroatoms. The van der Waals surface area contributed by atoms with E-state index in [1.807, 2.05) is 27.7 Å². The quantitative estimate of drug-likeness (QED) is 0.148. The molecule has 16 nitrogen and oxygen atoms in total. The number of rotatable bonds is 23. The van der Waals surface area contributed by atoms with Crippen LogP contribution in [-0.4, -0.2) is 169 Å². The van der Waals surface area contributed by atoms with E-state index in [1.165, 1.54) is 64.6 Å². The van der Waals surface area contributed by atoms with E-state index in [1.54, 1.807) is 76.4 Å². The third-order valence-electron chi connectivity index (χ3n) is 12.1. The zero-order valence-electron chi connectivity index (χ0n) is 39.9. The average Bonchev–Trinajstić information content (AvgIpc) is 3.17. The van der Waals surface area contributed by atoms with E-state index in [4.69, 9.17) is 0 Å². The van der Waals surface area contributed by atoms with Gasteiger partial charge in [-0.15, -0.1) is 0 Å². The number of likely N-dealkylation sites (N-methyl/N-ethyl adjacent to an activating group) is 7. The van der Waals surface area contributed by atoms with E-state index in [0.29, 0.717) is 19.3 Å². The van der Waals surface area contributed by atoms with Crippen molar-refractivity contribution in [3.8, 4) is 0 Å². The summed E-state index contributed by atoms with van der Waals surface area (Å²) in [5, 5.41) is 5.21. The van der Waals surface area contributed by atoms with Gasteiger partial charge in [0.25, 0.3) is 0 Å². The Morgan fingerprint density at radius 1 is 0.441 bits per heavy atom. The van der Waals surface area contributed by atoms with Gasteiger partial charge in [-0.25, -0.2) is 0 Å². The zero-order chi connectivity index (χ0) is 46.5. The van der Waals surface area contributed by atoms with Gasteiger partial charge in [-0.05, 0) is 42.4 Å². The predicted octanol–water partition coefficient (Wildman–Crippen LogP) is 2.55. The molecule has 9 atom stereocenters. The molecule has 0 aliphatic heterocycles. The molecule has 8 amide bonds. The monoisotopic (exact) mass is 837 g/mol. The lowest BCUT2D eigenvalue weighted by Crippen LogP contribution is -2.62. The highest BCUT2D eigenvalue weighted by Crippen LogP contribution is 2.25. The molecule has 0 aliphatic carbocycles. The standard InChI is InChI=1S/C43H80N8O8/c1-21-28(11)35(37(53)44-14)50(19)43(59)36(29(12)22-2)51(20)42(58)33(26(7)8)47(16)38(54)30(13)46(15)40(56)32(25(5)6)49(18)41(57)34(27(9)10)48(17)39(55)31(24(3)4)45-23-52/h23-36H,21-22H2,1-20H3,(H,44,53)(H,45,52)/t28-,29-,30-,31-,32-,33-,34-,35-,36-/m0/s1. The van der Waals surface area contributed by atoms with Gasteiger partial charge in [0.15, 0.2) is 0 Å². The Morgan fingerprint density at radius 2 is 0.746 bits per heavy atom. The zero-order valence-corrected chi connectivity index (χ0v) is 39.9. The number of amides is 8. The molecule has 0 saturated carbocycles. The summed E-state index contributed by atoms with van der Waals surface area (Å²) in [5.41, 5.74) is 0. The Balaban J connectivity index is 6.70. The SMILES string of the molecule is CC[C@H](C)[C@@H](C(=O)N(C)[C@H](C(=O)NC)[C@@H](C)CC)N(C)C(=O)[C@H](C(C)C)N(C)C(=O)[C@H](C)N(C)C(=O)[C@H](C(C)C)N(C)C(=O)[C@H](C(C)C)N(C)C(=O)[C@@H](NC=O)C(C)C. The number of hydrogen-bond acceptors (Lipinski definition) is 8. The average molecular weight is 837 g/mol. The molecule has 0 bridgehead atoms. The van der Waals surface area contributed by atoms with Crippen molar-refractivity contribution in [3.05, 3.63) is 0 Å². The molecule has 0 aromatic rings. The van der Waals surface area contributed by atoms with Crippen molar-refractivity contribution in [1.82, 2.24) is 40.0 Å². The van der Waals surface area contributed by atoms with E-state index >= 15 is 0 Å². The lowest BCUT2D eigenvalue weighted by molar-refractivity contribution is -0.158. The summed E-state index contributed by atoms with van der Waals surface area (Å²) < 4.78 is 0. The van der Waals surface area contributed by atoms with Gasteiger partial charge in [0, 0.05) is 49.3 Å². The molecule has 0 aromatic carbocycles. The molecule has 0 unspecified atom stereocenters. The molecule has 0 fully saturated rings. The Morgan fingerprint density at radius 3 is 1.08 bits per heavy atom. The van der Waals surface area contributed by atoms with Crippen molar-refractivity contribution in [2.75, 3.05) is 49.3 Å². The third kappa shape index (κ3) is 13.1. The summed E-state index contributed by atoms with van der Waals surface area (Å²) >= 11 is 0. The normalized spacial score (nSPS) is 16.1. The molecule has 0 rings (SSSR count). The largest absolute Gasteiger partial charge is 0.357 e. The Hall–Kier alpha value is -4.24. The minimum atomic E-state index is -1.06. The molecule has 340 valence electrons. The van der Waals surface area contributed by atoms with Crippen molar-refractivity contribution in [1.29, 1.82) is 0 Å². The maximum absolute atomic E-state index is 14.5. The van der Waals surface area contributed by atoms with Crippen molar-refractivity contribution >= 4 is 47.8 Å². The fourth-order valence-corrected chi connectivity index (χ4v) is 7.91. The van der Waals surface area contributed by atoms with Crippen molar-refractivity contribution in [3.63, 3.8) is 0 Å². The minimum Gasteiger partial charge on any atom is -0.357 e. The number of carbonyl (C=O) groups is 8. The van der Waals surface area contributed by atoms with Gasteiger partial charge in [0.1, 0.15) is 42.3 Å². The third-order valence-corrected chi connectivity index (χ3v) is 12.1. The summed E-state index contributed by atoms with van der Waals surface area (Å²) in [6, 6.07) is -6.59. The number of carbonyl (C=O) groups excluding carboxylic acids is 8. The second kappa shape index (κ2) is 24.1. The van der Waals surface area contributed by atoms with Crippen molar-refractivity contribution in [2.45, 2.75) is 145 Å². The lowest BCUT2D eigenvalue weighted by Gasteiger charge is -2.42. The molecule has 0 spiro atoms. The first-order chi connectivity index (χ1) is 27.2. The van der Waals surface area contributed by atoms with Crippen LogP contribution in [0.2, 0.25) is 0 Å². The fourth-order valence-electron chi connectivity index (χ4n) is 7.91. The topological polar surface area (TPSA) is 180 Å². The van der Waals surface area contributed by atoms with Crippen molar-refractivity contribution in [2.24, 2.45) is 35.5 Å². The van der Waals surface area contributed by atoms with Gasteiger partial charge in [-0.2, -0.15) is 0 Å². The maximum Gasteiger partial charge on any atom is 0.246 e. The van der Waals surface area contributed by atoms with Gasteiger partial charge in [0.05, 0.1) is 0 Å². The highest BCUT2D eigenvalue weighted by Gasteiger charge is 2.45. The molecule has 0 heterocycles. The fraction of sp³-hybridized carbons (Fsp3) is 0.814. The predicted molar refractivity (Wildman–Crippen MR) is 230 cm³/mol. The molecule has 59 heavy (non-hydrogen) atoms. The van der Waals surface area contributed by atoms with Gasteiger partial charge >= 0.3 is 0 Å². The first kappa shape index (κ1) is 54.8. The van der Waals surface area contributed by atoms with Gasteiger partial charge in [0.2, 0.25) is 47.8 Å². The summed E-state index contributed by atoms with van der Waals surface area (Å²) in [7, 11) is 10.6. The van der Waals surface area contributed by atoms with E-state index in [0.717, 1.165) is 0 Å². The van der Waals surface area contributed by atoms with Crippen LogP contribution in [0, 0.1) is 35.5 Å². The van der Waals surface area contributed by atoms with Crippen LogP contribution in [-0.2, 0) is 38.4 Å². The number of hydrogen-bond donors (Lipinski definition) is 2. The van der Waals surface area contributed by atoms with Crippen LogP contribution < -0.4 is 10.6 Å². The Bertz CT molecular complexity index is 1450. The minimum absolute atomic E-state index is 0.152. The first-order valence-corrected chi connectivity index (χ1v) is 21.2. The highest BCUT2D eigenvalue weighted by molar-refractivity contribution is 5.97. The first-order valence-electron chi connectivity index (χ1n) is 21.2. The van der Waals surface area contributed by atoms with E-state index < -0.39 is 83.7 Å². The Labute approximate surface area is 355 Å². The Kier molecular flexibility index (Phi) is 22.4. The molecular formula is C43H80N8O8. The maximum atomic E-state index is 14.5. The summed E-state index contributed by atoms with van der Waals surface area (Å²) in [6.45, 7) is 23.5. The van der Waals surface area contributed by atoms with E-state index in [-0.39, 0.29) is 35.5 Å². The molecule has 0 aromatic heterocycles. The van der Waals surface area contributed by atoms with Gasteiger partial charge in [-0.1, -0.05) is 95.9 Å². The van der Waals surface area contributed by atoms with Crippen LogP contribution in [0.3, 0.4) is 0 Å². The van der Waals surface area contributed by atoms with E-state index in [2.05, 4.69) is 10.6 Å². The summed E-state index contributed by atoms with van der Waals surface area (Å²) in [6.07, 6.45) is 1.67.